The second kappa shape index (κ2) is 10.1. The van der Waals surface area contributed by atoms with Crippen LogP contribution in [0.5, 0.6) is 11.5 Å². The molecule has 0 saturated heterocycles. The summed E-state index contributed by atoms with van der Waals surface area (Å²) in [5, 5.41) is 10.8. The van der Waals surface area contributed by atoms with Gasteiger partial charge in [-0.2, -0.15) is 0 Å². The topological polar surface area (TPSA) is 68.1 Å². The SMILES string of the molecule is CCCCC(C)Oc1ccc(-c2nc(-c3ccccc3)nc(-c3ccccc3)n2)c(O)c1. The molecule has 5 heteroatoms. The highest BCUT2D eigenvalue weighted by Gasteiger charge is 2.15. The van der Waals surface area contributed by atoms with Crippen LogP contribution in [0.25, 0.3) is 34.2 Å². The zero-order valence-electron chi connectivity index (χ0n) is 18.4. The Hall–Kier alpha value is -3.73. The number of phenols is 1. The Morgan fingerprint density at radius 2 is 1.34 bits per heavy atom. The molecule has 0 aliphatic heterocycles. The third-order valence-corrected chi connectivity index (χ3v) is 5.21. The van der Waals surface area contributed by atoms with Crippen LogP contribution in [-0.2, 0) is 0 Å². The molecule has 1 unspecified atom stereocenters. The highest BCUT2D eigenvalue weighted by atomic mass is 16.5. The van der Waals surface area contributed by atoms with Crippen molar-refractivity contribution in [2.75, 3.05) is 0 Å². The first-order chi connectivity index (χ1) is 15.6. The molecule has 4 aromatic rings. The number of hydrogen-bond donors (Lipinski definition) is 1. The standard InChI is InChI=1S/C27H27N3O2/c1-3-4-11-19(2)32-22-16-17-23(24(31)18-22)27-29-25(20-12-7-5-8-13-20)28-26(30-27)21-14-9-6-10-15-21/h5-10,12-19,31H,3-4,11H2,1-2H3. The van der Waals surface area contributed by atoms with Gasteiger partial charge in [0, 0.05) is 17.2 Å². The second-order valence-electron chi connectivity index (χ2n) is 7.79. The maximum absolute atomic E-state index is 10.8. The molecule has 4 rings (SSSR count). The zero-order chi connectivity index (χ0) is 22.3. The van der Waals surface area contributed by atoms with Crippen molar-refractivity contribution in [3.63, 3.8) is 0 Å². The molecule has 1 N–H and O–H groups in total. The van der Waals surface area contributed by atoms with E-state index in [4.69, 9.17) is 4.74 Å². The summed E-state index contributed by atoms with van der Waals surface area (Å²) in [5.74, 6) is 2.25. The molecule has 0 bridgehead atoms. The third kappa shape index (κ3) is 5.11. The van der Waals surface area contributed by atoms with Crippen molar-refractivity contribution in [1.29, 1.82) is 0 Å². The van der Waals surface area contributed by atoms with E-state index < -0.39 is 0 Å². The van der Waals surface area contributed by atoms with E-state index >= 15 is 0 Å². The number of nitrogens with zero attached hydrogens (tertiary/aromatic N) is 3. The van der Waals surface area contributed by atoms with Crippen LogP contribution in [0.15, 0.2) is 78.9 Å². The first kappa shape index (κ1) is 21.5. The average molecular weight is 426 g/mol. The molecular weight excluding hydrogens is 398 g/mol. The minimum atomic E-state index is 0.0782. The fourth-order valence-corrected chi connectivity index (χ4v) is 3.49. The van der Waals surface area contributed by atoms with Crippen LogP contribution in [0, 0.1) is 0 Å². The van der Waals surface area contributed by atoms with Crippen molar-refractivity contribution >= 4 is 0 Å². The summed E-state index contributed by atoms with van der Waals surface area (Å²) in [5.41, 5.74) is 2.31. The molecule has 0 spiro atoms. The molecule has 3 aromatic carbocycles. The van der Waals surface area contributed by atoms with Crippen LogP contribution in [0.1, 0.15) is 33.1 Å². The number of unbranched alkanes of at least 4 members (excludes halogenated alkanes) is 1. The lowest BCUT2D eigenvalue weighted by Crippen LogP contribution is -2.11. The van der Waals surface area contributed by atoms with Gasteiger partial charge in [0.25, 0.3) is 0 Å². The summed E-state index contributed by atoms with van der Waals surface area (Å²) in [6, 6.07) is 24.8. The second-order valence-corrected chi connectivity index (χ2v) is 7.79. The van der Waals surface area contributed by atoms with Crippen molar-refractivity contribution in [3.8, 4) is 45.7 Å². The van der Waals surface area contributed by atoms with E-state index in [0.29, 0.717) is 28.8 Å². The fraction of sp³-hybridized carbons (Fsp3) is 0.222. The van der Waals surface area contributed by atoms with Gasteiger partial charge in [-0.05, 0) is 25.5 Å². The van der Waals surface area contributed by atoms with Gasteiger partial charge in [0.1, 0.15) is 11.5 Å². The average Bonchev–Trinajstić information content (AvgIpc) is 2.83. The van der Waals surface area contributed by atoms with Gasteiger partial charge in [0.05, 0.1) is 11.7 Å². The maximum atomic E-state index is 10.8. The van der Waals surface area contributed by atoms with Crippen molar-refractivity contribution in [3.05, 3.63) is 78.9 Å². The Morgan fingerprint density at radius 3 is 1.88 bits per heavy atom. The summed E-state index contributed by atoms with van der Waals surface area (Å²) >= 11 is 0. The van der Waals surface area contributed by atoms with Crippen molar-refractivity contribution in [2.24, 2.45) is 0 Å². The number of benzene rings is 3. The van der Waals surface area contributed by atoms with Gasteiger partial charge in [-0.1, -0.05) is 80.4 Å². The number of ether oxygens (including phenoxy) is 1. The lowest BCUT2D eigenvalue weighted by molar-refractivity contribution is 0.207. The van der Waals surface area contributed by atoms with Crippen LogP contribution in [0.4, 0.5) is 0 Å². The molecule has 1 heterocycles. The Labute approximate surface area is 188 Å². The Bertz CT molecular complexity index is 1110. The predicted molar refractivity (Wildman–Crippen MR) is 127 cm³/mol. The summed E-state index contributed by atoms with van der Waals surface area (Å²) in [7, 11) is 0. The summed E-state index contributed by atoms with van der Waals surface area (Å²) < 4.78 is 5.96. The van der Waals surface area contributed by atoms with Gasteiger partial charge >= 0.3 is 0 Å². The minimum Gasteiger partial charge on any atom is -0.507 e. The summed E-state index contributed by atoms with van der Waals surface area (Å²) in [6.07, 6.45) is 3.31. The largest absolute Gasteiger partial charge is 0.507 e. The van der Waals surface area contributed by atoms with Crippen LogP contribution in [-0.4, -0.2) is 26.2 Å². The first-order valence-electron chi connectivity index (χ1n) is 11.0. The van der Waals surface area contributed by atoms with Crippen molar-refractivity contribution in [2.45, 2.75) is 39.2 Å². The van der Waals surface area contributed by atoms with Crippen molar-refractivity contribution < 1.29 is 9.84 Å². The molecule has 1 atom stereocenters. The predicted octanol–water partition coefficient (Wildman–Crippen LogP) is 6.54. The maximum Gasteiger partial charge on any atom is 0.167 e. The molecule has 0 amide bonds. The van der Waals surface area contributed by atoms with Gasteiger partial charge in [0.2, 0.25) is 0 Å². The number of rotatable bonds is 8. The molecule has 32 heavy (non-hydrogen) atoms. The molecule has 1 aromatic heterocycles. The van der Waals surface area contributed by atoms with Crippen LogP contribution < -0.4 is 4.74 Å². The minimum absolute atomic E-state index is 0.0782. The highest BCUT2D eigenvalue weighted by Crippen LogP contribution is 2.33. The van der Waals surface area contributed by atoms with Gasteiger partial charge in [-0.25, -0.2) is 15.0 Å². The molecule has 0 aliphatic rings. The highest BCUT2D eigenvalue weighted by molar-refractivity contribution is 5.70. The Balaban J connectivity index is 1.72. The quantitative estimate of drug-likeness (QED) is 0.347. The van der Waals surface area contributed by atoms with E-state index in [1.165, 1.54) is 0 Å². The van der Waals surface area contributed by atoms with E-state index in [1.54, 1.807) is 12.1 Å². The van der Waals surface area contributed by atoms with E-state index in [-0.39, 0.29) is 11.9 Å². The number of aromatic nitrogens is 3. The molecule has 0 saturated carbocycles. The van der Waals surface area contributed by atoms with Gasteiger partial charge in [-0.3, -0.25) is 0 Å². The molecule has 5 nitrogen and oxygen atoms in total. The molecule has 0 aliphatic carbocycles. The van der Waals surface area contributed by atoms with Crippen LogP contribution in [0.3, 0.4) is 0 Å². The molecule has 162 valence electrons. The van der Waals surface area contributed by atoms with E-state index in [9.17, 15) is 5.11 Å². The molecule has 0 fully saturated rings. The van der Waals surface area contributed by atoms with E-state index in [2.05, 4.69) is 21.9 Å². The number of hydrogen-bond acceptors (Lipinski definition) is 5. The third-order valence-electron chi connectivity index (χ3n) is 5.21. The normalized spacial score (nSPS) is 11.8. The monoisotopic (exact) mass is 425 g/mol. The molecular formula is C27H27N3O2. The number of phenolic OH excluding ortho intramolecular Hbond substituents is 1. The van der Waals surface area contributed by atoms with Crippen LogP contribution in [0.2, 0.25) is 0 Å². The fourth-order valence-electron chi connectivity index (χ4n) is 3.49. The molecule has 0 radical (unpaired) electrons. The summed E-state index contributed by atoms with van der Waals surface area (Å²) in [6.45, 7) is 4.21. The lowest BCUT2D eigenvalue weighted by atomic mass is 10.1. The Morgan fingerprint density at radius 1 is 0.781 bits per heavy atom. The lowest BCUT2D eigenvalue weighted by Gasteiger charge is -2.15. The number of aromatic hydroxyl groups is 1. The summed E-state index contributed by atoms with van der Waals surface area (Å²) in [4.78, 5) is 14.0. The Kier molecular flexibility index (Phi) is 6.75. The first-order valence-corrected chi connectivity index (χ1v) is 11.0. The van der Waals surface area contributed by atoms with E-state index in [1.807, 2.05) is 73.7 Å². The van der Waals surface area contributed by atoms with Gasteiger partial charge in [0.15, 0.2) is 17.5 Å². The van der Waals surface area contributed by atoms with Crippen LogP contribution >= 0.6 is 0 Å². The van der Waals surface area contributed by atoms with Crippen molar-refractivity contribution in [1.82, 2.24) is 15.0 Å². The van der Waals surface area contributed by atoms with Gasteiger partial charge in [-0.15, -0.1) is 0 Å². The van der Waals surface area contributed by atoms with E-state index in [0.717, 1.165) is 30.4 Å². The smallest absolute Gasteiger partial charge is 0.167 e. The zero-order valence-corrected chi connectivity index (χ0v) is 18.4. The van der Waals surface area contributed by atoms with Gasteiger partial charge < -0.3 is 9.84 Å².